The van der Waals surface area contributed by atoms with Crippen LogP contribution in [0.2, 0.25) is 0 Å². The van der Waals surface area contributed by atoms with Crippen molar-refractivity contribution in [2.45, 2.75) is 13.0 Å². The van der Waals surface area contributed by atoms with E-state index in [1.54, 1.807) is 6.07 Å². The van der Waals surface area contributed by atoms with Crippen LogP contribution in [0.25, 0.3) is 0 Å². The first-order chi connectivity index (χ1) is 10.0. The fourth-order valence-electron chi connectivity index (χ4n) is 2.31. The summed E-state index contributed by atoms with van der Waals surface area (Å²) in [5.41, 5.74) is 6.33. The number of ether oxygens (including phenoxy) is 1. The Kier molecular flexibility index (Phi) is 4.59. The molecule has 0 radical (unpaired) electrons. The van der Waals surface area contributed by atoms with Gasteiger partial charge in [-0.25, -0.2) is 0 Å². The summed E-state index contributed by atoms with van der Waals surface area (Å²) in [7, 11) is 0. The maximum Gasteiger partial charge on any atom is 0.292 e. The monoisotopic (exact) mass is 294 g/mol. The second-order valence-corrected chi connectivity index (χ2v) is 4.68. The summed E-state index contributed by atoms with van der Waals surface area (Å²) in [6.07, 6.45) is 0. The summed E-state index contributed by atoms with van der Waals surface area (Å²) in [6.45, 7) is 3.68. The Morgan fingerprint density at radius 3 is 3.00 bits per heavy atom. The number of nitro benzene ring substituents is 1. The first kappa shape index (κ1) is 15.0. The number of nitrogens with two attached hydrogens (primary N) is 1. The molecule has 21 heavy (non-hydrogen) atoms. The van der Waals surface area contributed by atoms with Crippen LogP contribution in [0.1, 0.15) is 6.92 Å². The quantitative estimate of drug-likeness (QED) is 0.476. The lowest BCUT2D eigenvalue weighted by molar-refractivity contribution is -0.383. The molecule has 8 nitrogen and oxygen atoms in total. The normalized spacial score (nSPS) is 18.3. The van der Waals surface area contributed by atoms with E-state index in [0.29, 0.717) is 25.4 Å². The number of carbonyl (C=O) groups excluding carboxylic acids is 1. The zero-order chi connectivity index (χ0) is 15.4. The Labute approximate surface area is 122 Å². The number of hydrogen-bond acceptors (Lipinski definition) is 6. The Balaban J connectivity index is 2.27. The molecule has 0 spiro atoms. The molecule has 1 aromatic carbocycles. The predicted octanol–water partition coefficient (Wildman–Crippen LogP) is 0.518. The summed E-state index contributed by atoms with van der Waals surface area (Å²) in [6, 6.07) is 4.02. The zero-order valence-electron chi connectivity index (χ0n) is 11.7. The van der Waals surface area contributed by atoms with Crippen molar-refractivity contribution in [2.24, 2.45) is 0 Å². The van der Waals surface area contributed by atoms with E-state index in [4.69, 9.17) is 10.5 Å². The molecule has 0 aromatic heterocycles. The molecule has 1 atom stereocenters. The Hall–Kier alpha value is -2.35. The fraction of sp³-hybridized carbons (Fsp3) is 0.462. The van der Waals surface area contributed by atoms with E-state index in [2.05, 4.69) is 5.32 Å². The Bertz CT molecular complexity index is 549. The van der Waals surface area contributed by atoms with E-state index in [0.717, 1.165) is 0 Å². The summed E-state index contributed by atoms with van der Waals surface area (Å²) in [4.78, 5) is 24.2. The smallest absolute Gasteiger partial charge is 0.292 e. The van der Waals surface area contributed by atoms with Gasteiger partial charge in [0.1, 0.15) is 11.7 Å². The van der Waals surface area contributed by atoms with Gasteiger partial charge in [0, 0.05) is 24.8 Å². The van der Waals surface area contributed by atoms with Crippen molar-refractivity contribution in [2.75, 3.05) is 36.9 Å². The zero-order valence-corrected chi connectivity index (χ0v) is 11.7. The molecule has 1 heterocycles. The average molecular weight is 294 g/mol. The minimum absolute atomic E-state index is 0.0821. The van der Waals surface area contributed by atoms with Crippen LogP contribution in [-0.2, 0) is 9.53 Å². The Morgan fingerprint density at radius 2 is 2.38 bits per heavy atom. The predicted molar refractivity (Wildman–Crippen MR) is 78.1 cm³/mol. The van der Waals surface area contributed by atoms with Crippen molar-refractivity contribution in [1.82, 2.24) is 5.32 Å². The molecule has 1 fully saturated rings. The van der Waals surface area contributed by atoms with Crippen molar-refractivity contribution >= 4 is 23.0 Å². The molecule has 0 saturated carbocycles. The molecule has 1 aromatic rings. The molecule has 8 heteroatoms. The minimum atomic E-state index is -0.528. The van der Waals surface area contributed by atoms with Crippen LogP contribution in [0.4, 0.5) is 17.1 Å². The van der Waals surface area contributed by atoms with Crippen LogP contribution in [0.15, 0.2) is 18.2 Å². The van der Waals surface area contributed by atoms with Crippen LogP contribution < -0.4 is 16.0 Å². The summed E-state index contributed by atoms with van der Waals surface area (Å²) in [5, 5.41) is 13.6. The number of rotatable bonds is 4. The van der Waals surface area contributed by atoms with Gasteiger partial charge < -0.3 is 20.7 Å². The molecule has 1 saturated heterocycles. The van der Waals surface area contributed by atoms with E-state index < -0.39 is 11.0 Å². The largest absolute Gasteiger partial charge is 0.393 e. The fourth-order valence-corrected chi connectivity index (χ4v) is 2.31. The molecule has 1 amide bonds. The number of likely N-dealkylation sites (N-methyl/N-ethyl adjacent to an activating group) is 1. The number of morpholine rings is 1. The van der Waals surface area contributed by atoms with Gasteiger partial charge in [-0.2, -0.15) is 0 Å². The minimum Gasteiger partial charge on any atom is -0.393 e. The number of carbonyl (C=O) groups is 1. The number of nitrogen functional groups attached to an aromatic ring is 1. The van der Waals surface area contributed by atoms with Gasteiger partial charge in [-0.1, -0.05) is 0 Å². The van der Waals surface area contributed by atoms with Crippen molar-refractivity contribution < 1.29 is 14.5 Å². The molecular formula is C13H18N4O4. The lowest BCUT2D eigenvalue weighted by Crippen LogP contribution is -2.54. The van der Waals surface area contributed by atoms with Crippen molar-refractivity contribution in [1.29, 1.82) is 0 Å². The second-order valence-electron chi connectivity index (χ2n) is 4.68. The highest BCUT2D eigenvalue weighted by atomic mass is 16.6. The van der Waals surface area contributed by atoms with Gasteiger partial charge in [-0.3, -0.25) is 14.9 Å². The first-order valence-corrected chi connectivity index (χ1v) is 6.70. The van der Waals surface area contributed by atoms with E-state index >= 15 is 0 Å². The van der Waals surface area contributed by atoms with Gasteiger partial charge in [0.05, 0.1) is 18.1 Å². The number of hydrogen-bond donors (Lipinski definition) is 2. The maximum absolute atomic E-state index is 12.1. The number of nitrogens with one attached hydrogen (secondary N) is 1. The van der Waals surface area contributed by atoms with Crippen LogP contribution in [-0.4, -0.2) is 43.2 Å². The van der Waals surface area contributed by atoms with Gasteiger partial charge in [0.15, 0.2) is 0 Å². The maximum atomic E-state index is 12.1. The van der Waals surface area contributed by atoms with Crippen LogP contribution >= 0.6 is 0 Å². The average Bonchev–Trinajstić information content (AvgIpc) is 2.47. The van der Waals surface area contributed by atoms with E-state index in [1.165, 1.54) is 12.1 Å². The van der Waals surface area contributed by atoms with E-state index in [1.807, 2.05) is 11.8 Å². The summed E-state index contributed by atoms with van der Waals surface area (Å²) < 4.78 is 5.35. The molecule has 114 valence electrons. The van der Waals surface area contributed by atoms with Crippen molar-refractivity contribution in [3.8, 4) is 0 Å². The number of anilines is 2. The highest BCUT2D eigenvalue weighted by Gasteiger charge is 2.30. The molecule has 0 aliphatic carbocycles. The molecule has 2 rings (SSSR count). The summed E-state index contributed by atoms with van der Waals surface area (Å²) in [5.74, 6) is -0.130. The number of nitro groups is 1. The van der Waals surface area contributed by atoms with Crippen LogP contribution in [0, 0.1) is 10.1 Å². The van der Waals surface area contributed by atoms with E-state index in [-0.39, 0.29) is 23.9 Å². The van der Waals surface area contributed by atoms with Crippen LogP contribution in [0.3, 0.4) is 0 Å². The highest BCUT2D eigenvalue weighted by Crippen LogP contribution is 2.28. The lowest BCUT2D eigenvalue weighted by Gasteiger charge is -2.36. The number of amides is 1. The number of nitrogens with zero attached hydrogens (tertiary/aromatic N) is 2. The van der Waals surface area contributed by atoms with Gasteiger partial charge >= 0.3 is 0 Å². The third kappa shape index (κ3) is 3.22. The van der Waals surface area contributed by atoms with Crippen molar-refractivity contribution in [3.05, 3.63) is 28.3 Å². The highest BCUT2D eigenvalue weighted by molar-refractivity contribution is 5.86. The third-order valence-corrected chi connectivity index (χ3v) is 3.32. The topological polar surface area (TPSA) is 111 Å². The third-order valence-electron chi connectivity index (χ3n) is 3.32. The number of benzene rings is 1. The SMILES string of the molecule is CCNC(=O)C1COCCN1c1ccc([N+](=O)[O-])c(N)c1. The van der Waals surface area contributed by atoms with Gasteiger partial charge in [-0.15, -0.1) is 0 Å². The molecular weight excluding hydrogens is 276 g/mol. The second kappa shape index (κ2) is 6.40. The Morgan fingerprint density at radius 1 is 1.62 bits per heavy atom. The van der Waals surface area contributed by atoms with Gasteiger partial charge in [0.25, 0.3) is 5.69 Å². The lowest BCUT2D eigenvalue weighted by atomic mass is 10.1. The molecule has 0 bridgehead atoms. The summed E-state index contributed by atoms with van der Waals surface area (Å²) >= 11 is 0. The molecule has 1 aliphatic rings. The van der Waals surface area contributed by atoms with E-state index in [9.17, 15) is 14.9 Å². The van der Waals surface area contributed by atoms with Gasteiger partial charge in [0.2, 0.25) is 5.91 Å². The molecule has 1 aliphatic heterocycles. The van der Waals surface area contributed by atoms with Gasteiger partial charge in [-0.05, 0) is 19.1 Å². The molecule has 3 N–H and O–H groups in total. The standard InChI is InChI=1S/C13H18N4O4/c1-2-15-13(18)12-8-21-6-5-16(12)9-3-4-11(17(19)20)10(14)7-9/h3-4,7,12H,2,5-6,8,14H2,1H3,(H,15,18). The van der Waals surface area contributed by atoms with Crippen molar-refractivity contribution in [3.63, 3.8) is 0 Å². The first-order valence-electron chi connectivity index (χ1n) is 6.70. The molecule has 1 unspecified atom stereocenters. The van der Waals surface area contributed by atoms with Crippen LogP contribution in [0.5, 0.6) is 0 Å².